The Morgan fingerprint density at radius 1 is 1.15 bits per heavy atom. The number of aryl methyl sites for hydroxylation is 2. The highest BCUT2D eigenvalue weighted by atomic mass is 35.5. The average Bonchev–Trinajstić information content (AvgIpc) is 3.18. The summed E-state index contributed by atoms with van der Waals surface area (Å²) in [5.74, 6) is 0.0721. The van der Waals surface area contributed by atoms with Crippen LogP contribution < -0.4 is 10.5 Å². The molecule has 0 aliphatic heterocycles. The Morgan fingerprint density at radius 2 is 1.85 bits per heavy atom. The van der Waals surface area contributed by atoms with E-state index in [2.05, 4.69) is 9.82 Å². The first-order valence-corrected chi connectivity index (χ1v) is 12.0. The Kier molecular flexibility index (Phi) is 7.76. The smallest absolute Gasteiger partial charge is 0.327 e. The monoisotopic (exact) mass is 514 g/mol. The molecule has 3 aromatic rings. The summed E-state index contributed by atoms with van der Waals surface area (Å²) >= 11 is 0. The topological polar surface area (TPSA) is 90.0 Å². The van der Waals surface area contributed by atoms with E-state index in [1.165, 1.54) is 7.05 Å². The van der Waals surface area contributed by atoms with Gasteiger partial charge in [-0.1, -0.05) is 48.5 Å². The molecule has 3 N–H and O–H groups in total. The summed E-state index contributed by atoms with van der Waals surface area (Å²) in [6.07, 6.45) is -1.57. The van der Waals surface area contributed by atoms with E-state index in [1.54, 1.807) is 6.07 Å². The lowest BCUT2D eigenvalue weighted by Crippen LogP contribution is -2.34. The predicted molar refractivity (Wildman–Crippen MR) is 125 cm³/mol. The molecule has 0 saturated carbocycles. The molecular formula is C23H26ClF3N4O2S. The zero-order valence-corrected chi connectivity index (χ0v) is 20.1. The van der Waals surface area contributed by atoms with Gasteiger partial charge < -0.3 is 5.73 Å². The molecule has 2 aromatic carbocycles. The van der Waals surface area contributed by atoms with Crippen LogP contribution in [0.5, 0.6) is 0 Å². The predicted octanol–water partition coefficient (Wildman–Crippen LogP) is 3.94. The largest absolute Gasteiger partial charge is 0.436 e. The van der Waals surface area contributed by atoms with E-state index in [9.17, 15) is 21.6 Å². The van der Waals surface area contributed by atoms with Crippen LogP contribution in [0.1, 0.15) is 40.3 Å². The van der Waals surface area contributed by atoms with E-state index < -0.39 is 26.8 Å². The number of hydrogen-bond acceptors (Lipinski definition) is 4. The highest BCUT2D eigenvalue weighted by molar-refractivity contribution is 7.89. The summed E-state index contributed by atoms with van der Waals surface area (Å²) in [6, 6.07) is 15.6. The van der Waals surface area contributed by atoms with E-state index in [-0.39, 0.29) is 30.9 Å². The van der Waals surface area contributed by atoms with Crippen molar-refractivity contribution in [2.45, 2.75) is 48.8 Å². The number of nitrogens with two attached hydrogens (primary N) is 1. The molecule has 1 aromatic heterocycles. The van der Waals surface area contributed by atoms with Crippen molar-refractivity contribution in [3.63, 3.8) is 0 Å². The van der Waals surface area contributed by atoms with Gasteiger partial charge >= 0.3 is 6.18 Å². The third-order valence-corrected chi connectivity index (χ3v) is 7.39. The van der Waals surface area contributed by atoms with E-state index in [4.69, 9.17) is 5.73 Å². The van der Waals surface area contributed by atoms with Gasteiger partial charge in [0, 0.05) is 31.7 Å². The lowest BCUT2D eigenvalue weighted by Gasteiger charge is -2.32. The van der Waals surface area contributed by atoms with Crippen molar-refractivity contribution in [1.29, 1.82) is 0 Å². The Morgan fingerprint density at radius 3 is 2.53 bits per heavy atom. The Labute approximate surface area is 202 Å². The lowest BCUT2D eigenvalue weighted by atomic mass is 9.76. The van der Waals surface area contributed by atoms with Crippen LogP contribution in [0.3, 0.4) is 0 Å². The fourth-order valence-corrected chi connectivity index (χ4v) is 5.54. The molecule has 0 fully saturated rings. The Bertz CT molecular complexity index is 1250. The minimum atomic E-state index is -4.88. The number of rotatable bonds is 6. The van der Waals surface area contributed by atoms with Gasteiger partial charge in [0.15, 0.2) is 5.69 Å². The number of hydrogen-bond donors (Lipinski definition) is 2. The van der Waals surface area contributed by atoms with Crippen LogP contribution in [0.2, 0.25) is 0 Å². The molecule has 1 aliphatic rings. The summed E-state index contributed by atoms with van der Waals surface area (Å²) in [7, 11) is -3.18. The summed E-state index contributed by atoms with van der Waals surface area (Å²) in [5.41, 5.74) is 9.05. The Balaban J connectivity index is 0.00000324. The van der Waals surface area contributed by atoms with Crippen molar-refractivity contribution >= 4 is 22.4 Å². The van der Waals surface area contributed by atoms with Gasteiger partial charge in [0.1, 0.15) is 4.90 Å². The van der Waals surface area contributed by atoms with Crippen LogP contribution in [0.15, 0.2) is 59.6 Å². The molecule has 2 atom stereocenters. The minimum absolute atomic E-state index is 0. The molecule has 6 nitrogen and oxygen atoms in total. The number of sulfonamides is 1. The second kappa shape index (κ2) is 10.1. The highest BCUT2D eigenvalue weighted by Gasteiger charge is 2.41. The van der Waals surface area contributed by atoms with Crippen molar-refractivity contribution in [2.24, 2.45) is 12.8 Å². The third kappa shape index (κ3) is 5.63. The highest BCUT2D eigenvalue weighted by Crippen LogP contribution is 2.35. The molecule has 34 heavy (non-hydrogen) atoms. The number of benzene rings is 2. The first-order chi connectivity index (χ1) is 15.5. The SMILES string of the molecule is Cl.Cn1cc(S(=O)(=O)NCc2ccc3c(c2)C(Cc2ccccc2)C(N)CC3)c(C(F)(F)F)n1. The van der Waals surface area contributed by atoms with Crippen molar-refractivity contribution in [1.82, 2.24) is 14.5 Å². The van der Waals surface area contributed by atoms with Gasteiger partial charge in [-0.25, -0.2) is 13.1 Å². The molecule has 2 unspecified atom stereocenters. The van der Waals surface area contributed by atoms with Gasteiger partial charge in [0.2, 0.25) is 10.0 Å². The van der Waals surface area contributed by atoms with Crippen LogP contribution in [-0.2, 0) is 42.6 Å². The number of alkyl halides is 3. The lowest BCUT2D eigenvalue weighted by molar-refractivity contribution is -0.143. The molecule has 0 bridgehead atoms. The third-order valence-electron chi connectivity index (χ3n) is 5.99. The number of nitrogens with one attached hydrogen (secondary N) is 1. The summed E-state index contributed by atoms with van der Waals surface area (Å²) in [4.78, 5) is -0.889. The van der Waals surface area contributed by atoms with Gasteiger partial charge in [-0.15, -0.1) is 12.4 Å². The fourth-order valence-electron chi connectivity index (χ4n) is 4.33. The maximum atomic E-state index is 13.2. The van der Waals surface area contributed by atoms with E-state index in [0.717, 1.165) is 46.8 Å². The van der Waals surface area contributed by atoms with Crippen LogP contribution >= 0.6 is 12.4 Å². The summed E-state index contributed by atoms with van der Waals surface area (Å²) in [6.45, 7) is -0.144. The second-order valence-electron chi connectivity index (χ2n) is 8.37. The fraction of sp³-hybridized carbons (Fsp3) is 0.348. The van der Waals surface area contributed by atoms with E-state index in [1.807, 2.05) is 42.5 Å². The molecule has 1 heterocycles. The number of nitrogens with zero attached hydrogens (tertiary/aromatic N) is 2. The van der Waals surface area contributed by atoms with Crippen LogP contribution in [0, 0.1) is 0 Å². The maximum absolute atomic E-state index is 13.2. The first kappa shape index (κ1) is 26.2. The number of fused-ring (bicyclic) bond motifs is 1. The van der Waals surface area contributed by atoms with Crippen LogP contribution in [0.25, 0.3) is 0 Å². The zero-order valence-electron chi connectivity index (χ0n) is 18.4. The summed E-state index contributed by atoms with van der Waals surface area (Å²) in [5, 5.41) is 3.28. The molecule has 11 heteroatoms. The number of aromatic nitrogens is 2. The van der Waals surface area contributed by atoms with E-state index in [0.29, 0.717) is 5.56 Å². The maximum Gasteiger partial charge on any atom is 0.436 e. The van der Waals surface area contributed by atoms with Crippen LogP contribution in [-0.4, -0.2) is 24.2 Å². The zero-order chi connectivity index (χ0) is 23.8. The van der Waals surface area contributed by atoms with E-state index >= 15 is 0 Å². The van der Waals surface area contributed by atoms with Gasteiger partial charge in [-0.05, 0) is 41.5 Å². The van der Waals surface area contributed by atoms with Crippen molar-refractivity contribution < 1.29 is 21.6 Å². The number of halogens is 4. The molecule has 0 amide bonds. The molecule has 0 spiro atoms. The van der Waals surface area contributed by atoms with Crippen molar-refractivity contribution in [3.8, 4) is 0 Å². The normalized spacial score (nSPS) is 18.3. The average molecular weight is 515 g/mol. The second-order valence-corrected chi connectivity index (χ2v) is 10.1. The van der Waals surface area contributed by atoms with Gasteiger partial charge in [-0.2, -0.15) is 18.3 Å². The minimum Gasteiger partial charge on any atom is -0.327 e. The molecule has 1 aliphatic carbocycles. The molecule has 4 rings (SSSR count). The van der Waals surface area contributed by atoms with Gasteiger partial charge in [0.05, 0.1) is 0 Å². The van der Waals surface area contributed by atoms with Crippen LogP contribution in [0.4, 0.5) is 13.2 Å². The Hall–Kier alpha value is -2.40. The molecule has 0 saturated heterocycles. The van der Waals surface area contributed by atoms with Crippen molar-refractivity contribution in [2.75, 3.05) is 0 Å². The molecule has 0 radical (unpaired) electrons. The molecular weight excluding hydrogens is 489 g/mol. The quantitative estimate of drug-likeness (QED) is 0.521. The first-order valence-electron chi connectivity index (χ1n) is 10.6. The summed E-state index contributed by atoms with van der Waals surface area (Å²) < 4.78 is 68.1. The van der Waals surface area contributed by atoms with Gasteiger partial charge in [0.25, 0.3) is 0 Å². The molecule has 184 valence electrons. The van der Waals surface area contributed by atoms with Crippen molar-refractivity contribution in [3.05, 3.63) is 82.7 Å². The van der Waals surface area contributed by atoms with Gasteiger partial charge in [-0.3, -0.25) is 4.68 Å². The standard InChI is InChI=1S/C23H25F3N4O2S.ClH/c1-30-14-21(22(29-30)23(24,25)26)33(31,32)28-13-16-7-8-17-9-10-20(27)19(18(17)12-16)11-15-5-3-2-4-6-15;/h2-8,12,14,19-20,28H,9-11,13,27H2,1H3;1H.